The summed E-state index contributed by atoms with van der Waals surface area (Å²) in [5.74, 6) is 0.255. The molecule has 1 aromatic carbocycles. The Kier molecular flexibility index (Phi) is 3.89. The lowest BCUT2D eigenvalue weighted by molar-refractivity contribution is -0.137. The number of ether oxygens (including phenoxy) is 1. The summed E-state index contributed by atoms with van der Waals surface area (Å²) in [7, 11) is 1.41. The molecule has 7 heteroatoms. The molecule has 1 N–H and O–H groups in total. The molecule has 0 aliphatic carbocycles. The van der Waals surface area contributed by atoms with Crippen LogP contribution in [0.25, 0.3) is 0 Å². The second-order valence-corrected chi connectivity index (χ2v) is 4.03. The predicted molar refractivity (Wildman–Crippen MR) is 64.1 cm³/mol. The Morgan fingerprint density at radius 2 is 1.90 bits per heavy atom. The van der Waals surface area contributed by atoms with Gasteiger partial charge in [-0.05, 0) is 23.8 Å². The van der Waals surface area contributed by atoms with Gasteiger partial charge >= 0.3 is 6.18 Å². The molecule has 0 aliphatic rings. The van der Waals surface area contributed by atoms with E-state index >= 15 is 0 Å². The number of halogens is 3. The molecule has 20 heavy (non-hydrogen) atoms. The summed E-state index contributed by atoms with van der Waals surface area (Å²) in [6.45, 7) is 0. The summed E-state index contributed by atoms with van der Waals surface area (Å²) in [6.07, 6.45) is -5.74. The number of rotatable bonds is 3. The molecule has 106 valence electrons. The van der Waals surface area contributed by atoms with Gasteiger partial charge in [-0.2, -0.15) is 13.2 Å². The lowest BCUT2D eigenvalue weighted by Gasteiger charge is -2.13. The summed E-state index contributed by atoms with van der Waals surface area (Å²) < 4.78 is 42.6. The first kappa shape index (κ1) is 14.3. The highest BCUT2D eigenvalue weighted by Gasteiger charge is 2.31. The number of methoxy groups -OCH3 is 1. The van der Waals surface area contributed by atoms with E-state index in [4.69, 9.17) is 4.74 Å². The maximum Gasteiger partial charge on any atom is 0.416 e. The van der Waals surface area contributed by atoms with Crippen LogP contribution in [0.1, 0.15) is 22.9 Å². The molecule has 0 saturated heterocycles. The van der Waals surface area contributed by atoms with Gasteiger partial charge in [-0.15, -0.1) is 10.2 Å². The number of aliphatic hydroxyl groups excluding tert-OH is 1. The summed E-state index contributed by atoms with van der Waals surface area (Å²) in [6, 6.07) is 7.37. The molecule has 0 fully saturated rings. The van der Waals surface area contributed by atoms with Crippen molar-refractivity contribution in [1.82, 2.24) is 10.2 Å². The molecular formula is C13H11F3N2O2. The number of alkyl halides is 3. The van der Waals surface area contributed by atoms with Crippen LogP contribution in [0.15, 0.2) is 36.4 Å². The Hall–Kier alpha value is -2.15. The van der Waals surface area contributed by atoms with Crippen LogP contribution in [0.4, 0.5) is 13.2 Å². The van der Waals surface area contributed by atoms with Crippen LogP contribution in [0.5, 0.6) is 5.88 Å². The van der Waals surface area contributed by atoms with E-state index in [1.165, 1.54) is 31.4 Å². The first-order valence-corrected chi connectivity index (χ1v) is 5.64. The molecule has 0 bridgehead atoms. The highest BCUT2D eigenvalue weighted by atomic mass is 19.4. The van der Waals surface area contributed by atoms with Gasteiger partial charge in [-0.1, -0.05) is 12.1 Å². The van der Waals surface area contributed by atoms with Crippen LogP contribution < -0.4 is 4.74 Å². The van der Waals surface area contributed by atoms with E-state index in [0.29, 0.717) is 0 Å². The molecule has 0 saturated carbocycles. The molecule has 1 unspecified atom stereocenters. The second kappa shape index (κ2) is 5.46. The molecule has 1 atom stereocenters. The Bertz CT molecular complexity index is 585. The van der Waals surface area contributed by atoms with Crippen LogP contribution in [0, 0.1) is 0 Å². The van der Waals surface area contributed by atoms with E-state index in [1.54, 1.807) is 0 Å². The van der Waals surface area contributed by atoms with Crippen molar-refractivity contribution in [2.75, 3.05) is 7.11 Å². The Balaban J connectivity index is 2.30. The van der Waals surface area contributed by atoms with Crippen LogP contribution in [-0.2, 0) is 6.18 Å². The minimum absolute atomic E-state index is 0.0966. The van der Waals surface area contributed by atoms with Crippen LogP contribution in [0.2, 0.25) is 0 Å². The van der Waals surface area contributed by atoms with Gasteiger partial charge in [0.25, 0.3) is 0 Å². The van der Waals surface area contributed by atoms with E-state index < -0.39 is 17.8 Å². The van der Waals surface area contributed by atoms with Gasteiger partial charge in [0.2, 0.25) is 5.88 Å². The van der Waals surface area contributed by atoms with Crippen molar-refractivity contribution in [1.29, 1.82) is 0 Å². The zero-order chi connectivity index (χ0) is 14.8. The molecule has 0 spiro atoms. The van der Waals surface area contributed by atoms with Gasteiger partial charge in [-0.3, -0.25) is 0 Å². The minimum atomic E-state index is -4.46. The van der Waals surface area contributed by atoms with Crippen LogP contribution in [-0.4, -0.2) is 22.4 Å². The lowest BCUT2D eigenvalue weighted by atomic mass is 10.0. The maximum atomic E-state index is 12.6. The van der Waals surface area contributed by atoms with Gasteiger partial charge in [0.1, 0.15) is 6.10 Å². The van der Waals surface area contributed by atoms with Crippen molar-refractivity contribution in [3.05, 3.63) is 53.2 Å². The molecule has 1 aromatic heterocycles. The van der Waals surface area contributed by atoms with Crippen molar-refractivity contribution >= 4 is 0 Å². The zero-order valence-electron chi connectivity index (χ0n) is 10.4. The van der Waals surface area contributed by atoms with Gasteiger partial charge in [0.15, 0.2) is 0 Å². The maximum absolute atomic E-state index is 12.6. The van der Waals surface area contributed by atoms with Crippen molar-refractivity contribution in [3.8, 4) is 5.88 Å². The van der Waals surface area contributed by atoms with E-state index in [0.717, 1.165) is 12.1 Å². The normalized spacial score (nSPS) is 13.1. The molecule has 1 heterocycles. The van der Waals surface area contributed by atoms with Crippen LogP contribution >= 0.6 is 0 Å². The highest BCUT2D eigenvalue weighted by molar-refractivity contribution is 5.31. The molecule has 4 nitrogen and oxygen atoms in total. The fourth-order valence-corrected chi connectivity index (χ4v) is 1.64. The molecule has 0 aliphatic heterocycles. The molecule has 0 radical (unpaired) electrons. The first-order valence-electron chi connectivity index (χ1n) is 5.64. The number of hydrogen-bond acceptors (Lipinski definition) is 4. The van der Waals surface area contributed by atoms with Gasteiger partial charge in [0, 0.05) is 6.07 Å². The summed E-state index contributed by atoms with van der Waals surface area (Å²) in [5.41, 5.74) is -0.583. The summed E-state index contributed by atoms with van der Waals surface area (Å²) >= 11 is 0. The number of hydrogen-bond donors (Lipinski definition) is 1. The summed E-state index contributed by atoms with van der Waals surface area (Å²) in [4.78, 5) is 0. The quantitative estimate of drug-likeness (QED) is 0.941. The Morgan fingerprint density at radius 1 is 1.15 bits per heavy atom. The molecular weight excluding hydrogens is 273 g/mol. The predicted octanol–water partition coefficient (Wildman–Crippen LogP) is 2.59. The topological polar surface area (TPSA) is 55.2 Å². The average molecular weight is 284 g/mol. The monoisotopic (exact) mass is 284 g/mol. The Labute approximate surface area is 112 Å². The van der Waals surface area contributed by atoms with Gasteiger partial charge in [0.05, 0.1) is 18.4 Å². The third kappa shape index (κ3) is 3.05. The van der Waals surface area contributed by atoms with Crippen molar-refractivity contribution in [2.24, 2.45) is 0 Å². The second-order valence-electron chi connectivity index (χ2n) is 4.03. The molecule has 0 amide bonds. The van der Waals surface area contributed by atoms with E-state index in [9.17, 15) is 18.3 Å². The van der Waals surface area contributed by atoms with Gasteiger partial charge in [-0.25, -0.2) is 0 Å². The SMILES string of the molecule is COc1ccc(C(O)c2cccc(C(F)(F)F)c2)nn1. The molecule has 2 rings (SSSR count). The first-order chi connectivity index (χ1) is 9.41. The zero-order valence-corrected chi connectivity index (χ0v) is 10.4. The number of nitrogens with zero attached hydrogens (tertiary/aromatic N) is 2. The molecule has 2 aromatic rings. The smallest absolute Gasteiger partial charge is 0.416 e. The fraction of sp³-hybridized carbons (Fsp3) is 0.231. The van der Waals surface area contributed by atoms with Crippen LogP contribution in [0.3, 0.4) is 0 Å². The summed E-state index contributed by atoms with van der Waals surface area (Å²) in [5, 5.41) is 17.4. The minimum Gasteiger partial charge on any atom is -0.480 e. The highest BCUT2D eigenvalue weighted by Crippen LogP contribution is 2.31. The Morgan fingerprint density at radius 3 is 2.45 bits per heavy atom. The number of aliphatic hydroxyl groups is 1. The van der Waals surface area contributed by atoms with E-state index in [2.05, 4.69) is 10.2 Å². The van der Waals surface area contributed by atoms with Gasteiger partial charge < -0.3 is 9.84 Å². The lowest BCUT2D eigenvalue weighted by Crippen LogP contribution is -2.08. The fourth-order valence-electron chi connectivity index (χ4n) is 1.64. The number of aromatic nitrogens is 2. The average Bonchev–Trinajstić information content (AvgIpc) is 2.46. The third-order valence-electron chi connectivity index (χ3n) is 2.68. The number of benzene rings is 1. The van der Waals surface area contributed by atoms with Crippen molar-refractivity contribution in [3.63, 3.8) is 0 Å². The standard InChI is InChI=1S/C13H11F3N2O2/c1-20-11-6-5-10(17-18-11)12(19)8-3-2-4-9(7-8)13(14,15)16/h2-7,12,19H,1H3. The van der Waals surface area contributed by atoms with E-state index in [-0.39, 0.29) is 17.1 Å². The van der Waals surface area contributed by atoms with E-state index in [1.807, 2.05) is 0 Å². The largest absolute Gasteiger partial charge is 0.480 e. The van der Waals surface area contributed by atoms with Crippen molar-refractivity contribution < 1.29 is 23.0 Å². The van der Waals surface area contributed by atoms with Crippen molar-refractivity contribution in [2.45, 2.75) is 12.3 Å². The third-order valence-corrected chi connectivity index (χ3v) is 2.68.